The number of hydrogen-bond acceptors (Lipinski definition) is 3. The van der Waals surface area contributed by atoms with Crippen LogP contribution in [-0.2, 0) is 10.3 Å². The van der Waals surface area contributed by atoms with Crippen molar-refractivity contribution in [2.45, 2.75) is 12.5 Å². The molecular weight excluding hydrogens is 208 g/mol. The fraction of sp³-hybridized carbons (Fsp3) is 0.333. The highest BCUT2D eigenvalue weighted by molar-refractivity contribution is 7.17. The van der Waals surface area contributed by atoms with Crippen LogP contribution in [0.4, 0.5) is 0 Å². The molecule has 2 nitrogen and oxygen atoms in total. The van der Waals surface area contributed by atoms with E-state index in [9.17, 15) is 5.11 Å². The maximum absolute atomic E-state index is 10.3. The molecule has 3 heteroatoms. The first-order valence-electron chi connectivity index (χ1n) is 4.83. The molecule has 2 aromatic rings. The zero-order chi connectivity index (χ0) is 10.9. The lowest BCUT2D eigenvalue weighted by Crippen LogP contribution is -2.27. The number of rotatable bonds is 3. The molecule has 0 saturated carbocycles. The maximum Gasteiger partial charge on any atom is 0.111 e. The lowest BCUT2D eigenvalue weighted by Gasteiger charge is -2.23. The van der Waals surface area contributed by atoms with Crippen molar-refractivity contribution in [2.75, 3.05) is 13.7 Å². The van der Waals surface area contributed by atoms with E-state index < -0.39 is 5.60 Å². The molecule has 0 amide bonds. The lowest BCUT2D eigenvalue weighted by molar-refractivity contribution is -0.0196. The van der Waals surface area contributed by atoms with Gasteiger partial charge in [0.25, 0.3) is 0 Å². The van der Waals surface area contributed by atoms with Crippen molar-refractivity contribution in [1.82, 2.24) is 0 Å². The Balaban J connectivity index is 2.55. The molecule has 1 aromatic carbocycles. The van der Waals surface area contributed by atoms with Gasteiger partial charge in [-0.2, -0.15) is 0 Å². The van der Waals surface area contributed by atoms with Crippen molar-refractivity contribution in [3.8, 4) is 0 Å². The fourth-order valence-corrected chi connectivity index (χ4v) is 2.81. The molecule has 1 aromatic heterocycles. The summed E-state index contributed by atoms with van der Waals surface area (Å²) in [7, 11) is 1.60. The number of ether oxygens (including phenoxy) is 1. The first-order valence-corrected chi connectivity index (χ1v) is 5.71. The second-order valence-corrected chi connectivity index (χ2v) is 4.77. The Morgan fingerprint density at radius 3 is 2.93 bits per heavy atom. The van der Waals surface area contributed by atoms with Crippen molar-refractivity contribution in [2.24, 2.45) is 0 Å². The van der Waals surface area contributed by atoms with E-state index in [2.05, 4.69) is 12.1 Å². The monoisotopic (exact) mass is 222 g/mol. The van der Waals surface area contributed by atoms with Crippen LogP contribution in [-0.4, -0.2) is 18.8 Å². The van der Waals surface area contributed by atoms with E-state index in [0.29, 0.717) is 6.61 Å². The summed E-state index contributed by atoms with van der Waals surface area (Å²) in [6, 6.07) is 8.04. The Hall–Kier alpha value is -0.900. The van der Waals surface area contributed by atoms with Gasteiger partial charge >= 0.3 is 0 Å². The second kappa shape index (κ2) is 3.93. The van der Waals surface area contributed by atoms with Gasteiger partial charge in [-0.1, -0.05) is 18.2 Å². The van der Waals surface area contributed by atoms with E-state index in [4.69, 9.17) is 4.74 Å². The van der Waals surface area contributed by atoms with Gasteiger partial charge in [-0.3, -0.25) is 0 Å². The number of aliphatic hydroxyl groups is 1. The van der Waals surface area contributed by atoms with Crippen LogP contribution in [0.3, 0.4) is 0 Å². The van der Waals surface area contributed by atoms with Gasteiger partial charge in [0.2, 0.25) is 0 Å². The molecule has 2 rings (SSSR count). The molecule has 1 unspecified atom stereocenters. The number of thiophene rings is 1. The summed E-state index contributed by atoms with van der Waals surface area (Å²) >= 11 is 1.65. The lowest BCUT2D eigenvalue weighted by atomic mass is 9.96. The third kappa shape index (κ3) is 1.91. The molecule has 1 heterocycles. The normalized spacial score (nSPS) is 15.4. The highest BCUT2D eigenvalue weighted by Crippen LogP contribution is 2.32. The van der Waals surface area contributed by atoms with E-state index in [1.807, 2.05) is 17.5 Å². The van der Waals surface area contributed by atoms with Crippen LogP contribution in [0.25, 0.3) is 10.1 Å². The van der Waals surface area contributed by atoms with E-state index in [0.717, 1.165) is 10.3 Å². The summed E-state index contributed by atoms with van der Waals surface area (Å²) in [5, 5.41) is 13.5. The SMILES string of the molecule is COCC(C)(O)c1cccc2ccsc12. The summed E-state index contributed by atoms with van der Waals surface area (Å²) in [5.74, 6) is 0. The predicted molar refractivity (Wildman–Crippen MR) is 63.3 cm³/mol. The van der Waals surface area contributed by atoms with Crippen LogP contribution in [0.5, 0.6) is 0 Å². The third-order valence-electron chi connectivity index (χ3n) is 2.48. The molecule has 0 aliphatic carbocycles. The Labute approximate surface area is 93.1 Å². The van der Waals surface area contributed by atoms with Crippen LogP contribution in [0.1, 0.15) is 12.5 Å². The van der Waals surface area contributed by atoms with Gasteiger partial charge in [-0.25, -0.2) is 0 Å². The fourth-order valence-electron chi connectivity index (χ4n) is 1.78. The number of fused-ring (bicyclic) bond motifs is 1. The highest BCUT2D eigenvalue weighted by Gasteiger charge is 2.25. The van der Waals surface area contributed by atoms with E-state index in [1.54, 1.807) is 25.4 Å². The van der Waals surface area contributed by atoms with E-state index >= 15 is 0 Å². The van der Waals surface area contributed by atoms with Crippen LogP contribution in [0, 0.1) is 0 Å². The average molecular weight is 222 g/mol. The van der Waals surface area contributed by atoms with Crippen LogP contribution in [0.2, 0.25) is 0 Å². The molecule has 0 fully saturated rings. The van der Waals surface area contributed by atoms with Crippen molar-refractivity contribution in [3.63, 3.8) is 0 Å². The molecule has 0 aliphatic heterocycles. The maximum atomic E-state index is 10.3. The highest BCUT2D eigenvalue weighted by atomic mass is 32.1. The molecule has 15 heavy (non-hydrogen) atoms. The van der Waals surface area contributed by atoms with Gasteiger partial charge in [0.05, 0.1) is 6.61 Å². The summed E-state index contributed by atoms with van der Waals surface area (Å²) in [6.45, 7) is 2.09. The van der Waals surface area contributed by atoms with Crippen molar-refractivity contribution in [3.05, 3.63) is 35.2 Å². The summed E-state index contributed by atoms with van der Waals surface area (Å²) in [6.07, 6.45) is 0. The van der Waals surface area contributed by atoms with Crippen molar-refractivity contribution < 1.29 is 9.84 Å². The molecule has 0 bridgehead atoms. The molecule has 0 radical (unpaired) electrons. The molecule has 1 atom stereocenters. The Morgan fingerprint density at radius 2 is 2.20 bits per heavy atom. The van der Waals surface area contributed by atoms with Gasteiger partial charge in [-0.05, 0) is 23.8 Å². The zero-order valence-corrected chi connectivity index (χ0v) is 9.67. The Kier molecular flexibility index (Phi) is 2.78. The number of methoxy groups -OCH3 is 1. The van der Waals surface area contributed by atoms with E-state index in [-0.39, 0.29) is 0 Å². The first-order chi connectivity index (χ1) is 7.15. The van der Waals surface area contributed by atoms with Crippen molar-refractivity contribution in [1.29, 1.82) is 0 Å². The van der Waals surface area contributed by atoms with Gasteiger partial charge in [0, 0.05) is 17.4 Å². The Bertz CT molecular complexity index is 459. The minimum absolute atomic E-state index is 0.310. The molecule has 0 saturated heterocycles. The quantitative estimate of drug-likeness (QED) is 0.865. The number of benzene rings is 1. The molecule has 80 valence electrons. The molecule has 0 aliphatic rings. The van der Waals surface area contributed by atoms with Crippen LogP contribution < -0.4 is 0 Å². The second-order valence-electron chi connectivity index (χ2n) is 3.85. The molecule has 1 N–H and O–H groups in total. The van der Waals surface area contributed by atoms with Crippen LogP contribution >= 0.6 is 11.3 Å². The standard InChI is InChI=1S/C12H14O2S/c1-12(13,8-14-2)10-5-3-4-9-6-7-15-11(9)10/h3-7,13H,8H2,1-2H3. The third-order valence-corrected chi connectivity index (χ3v) is 3.45. The Morgan fingerprint density at radius 1 is 1.40 bits per heavy atom. The molecule has 0 spiro atoms. The van der Waals surface area contributed by atoms with E-state index in [1.165, 1.54) is 5.39 Å². The van der Waals surface area contributed by atoms with Gasteiger partial charge in [0.1, 0.15) is 5.60 Å². The summed E-state index contributed by atoms with van der Waals surface area (Å²) in [5.41, 5.74) is 0.0240. The average Bonchev–Trinajstić information content (AvgIpc) is 2.64. The predicted octanol–water partition coefficient (Wildman–Crippen LogP) is 2.76. The van der Waals surface area contributed by atoms with Crippen LogP contribution in [0.15, 0.2) is 29.6 Å². The minimum atomic E-state index is -0.918. The summed E-state index contributed by atoms with van der Waals surface area (Å²) in [4.78, 5) is 0. The van der Waals surface area contributed by atoms with Gasteiger partial charge < -0.3 is 9.84 Å². The topological polar surface area (TPSA) is 29.5 Å². The van der Waals surface area contributed by atoms with Crippen molar-refractivity contribution >= 4 is 21.4 Å². The largest absolute Gasteiger partial charge is 0.383 e. The molecular formula is C12H14O2S. The van der Waals surface area contributed by atoms with Gasteiger partial charge in [0.15, 0.2) is 0 Å². The summed E-state index contributed by atoms with van der Waals surface area (Å²) < 4.78 is 6.18. The smallest absolute Gasteiger partial charge is 0.111 e. The van der Waals surface area contributed by atoms with Gasteiger partial charge in [-0.15, -0.1) is 11.3 Å². The number of hydrogen-bond donors (Lipinski definition) is 1. The minimum Gasteiger partial charge on any atom is -0.383 e. The zero-order valence-electron chi connectivity index (χ0n) is 8.86. The first kappa shape index (κ1) is 10.6.